The Hall–Kier alpha value is -3.30. The molecule has 0 amide bonds. The minimum absolute atomic E-state index is 0. The molecule has 0 unspecified atom stereocenters. The molecular formula is C23H28FN3O5. The third-order valence-corrected chi connectivity index (χ3v) is 5.82. The monoisotopic (exact) mass is 445 g/mol. The number of piperidine rings is 1. The maximum atomic E-state index is 13.6. The van der Waals surface area contributed by atoms with Gasteiger partial charge in [-0.2, -0.15) is 0 Å². The number of ether oxygens (including phenoxy) is 2. The molecule has 2 aromatic carbocycles. The fourth-order valence-corrected chi connectivity index (χ4v) is 4.11. The Balaban J connectivity index is 0.00000289. The lowest BCUT2D eigenvalue weighted by Gasteiger charge is -2.32. The standard InChI is InChI=1S/C23H26FN3O4.H2O/c1-30-19-11-17-18(12-20(19)31-2)27(13-14-3-5-15(24)6-4-14)23(29)22(21(17)25)26-9-7-16(28)8-10-26;/h3-6,11-12,16,28H,7-10,13,25H2,1-2H3;1H2. The number of nitrogen functional groups attached to an aromatic ring is 1. The molecule has 4 rings (SSSR count). The molecule has 172 valence electrons. The molecule has 1 aliphatic rings. The van der Waals surface area contributed by atoms with Crippen LogP contribution in [0.2, 0.25) is 0 Å². The summed E-state index contributed by atoms with van der Waals surface area (Å²) in [5.41, 5.74) is 8.44. The van der Waals surface area contributed by atoms with Gasteiger partial charge < -0.3 is 35.3 Å². The Kier molecular flexibility index (Phi) is 6.90. The van der Waals surface area contributed by atoms with E-state index in [-0.39, 0.29) is 29.5 Å². The van der Waals surface area contributed by atoms with Gasteiger partial charge in [-0.25, -0.2) is 4.39 Å². The van der Waals surface area contributed by atoms with Crippen LogP contribution in [0.4, 0.5) is 15.8 Å². The third-order valence-electron chi connectivity index (χ3n) is 5.82. The van der Waals surface area contributed by atoms with Crippen molar-refractivity contribution in [3.63, 3.8) is 0 Å². The lowest BCUT2D eigenvalue weighted by Crippen LogP contribution is -2.40. The van der Waals surface area contributed by atoms with Crippen LogP contribution in [0.15, 0.2) is 41.2 Å². The van der Waals surface area contributed by atoms with Gasteiger partial charge in [0.1, 0.15) is 11.5 Å². The molecule has 1 saturated heterocycles. The predicted octanol–water partition coefficient (Wildman–Crippen LogP) is 1.92. The number of anilines is 2. The summed E-state index contributed by atoms with van der Waals surface area (Å²) in [7, 11) is 3.07. The summed E-state index contributed by atoms with van der Waals surface area (Å²) in [5, 5.41) is 10.5. The van der Waals surface area contributed by atoms with E-state index in [2.05, 4.69) is 0 Å². The first-order valence-electron chi connectivity index (χ1n) is 10.2. The van der Waals surface area contributed by atoms with E-state index in [9.17, 15) is 14.3 Å². The summed E-state index contributed by atoms with van der Waals surface area (Å²) >= 11 is 0. The van der Waals surface area contributed by atoms with Crippen molar-refractivity contribution in [2.45, 2.75) is 25.5 Å². The van der Waals surface area contributed by atoms with Crippen LogP contribution >= 0.6 is 0 Å². The molecule has 1 fully saturated rings. The van der Waals surface area contributed by atoms with Gasteiger partial charge in [0, 0.05) is 24.5 Å². The molecule has 0 spiro atoms. The minimum Gasteiger partial charge on any atom is -0.493 e. The van der Waals surface area contributed by atoms with Crippen LogP contribution in [0.25, 0.3) is 10.9 Å². The van der Waals surface area contributed by atoms with E-state index in [4.69, 9.17) is 15.2 Å². The average Bonchev–Trinajstić information content (AvgIpc) is 2.78. The Morgan fingerprint density at radius 3 is 2.28 bits per heavy atom. The van der Waals surface area contributed by atoms with Gasteiger partial charge in [0.05, 0.1) is 38.1 Å². The molecule has 5 N–H and O–H groups in total. The van der Waals surface area contributed by atoms with Crippen molar-refractivity contribution in [1.29, 1.82) is 0 Å². The number of aliphatic hydroxyl groups is 1. The number of pyridine rings is 1. The number of aromatic nitrogens is 1. The highest BCUT2D eigenvalue weighted by Crippen LogP contribution is 2.37. The fourth-order valence-electron chi connectivity index (χ4n) is 4.11. The average molecular weight is 445 g/mol. The number of aliphatic hydroxyl groups excluding tert-OH is 1. The molecule has 3 aromatic rings. The zero-order chi connectivity index (χ0) is 22.1. The van der Waals surface area contributed by atoms with Crippen molar-refractivity contribution in [1.82, 2.24) is 4.57 Å². The minimum atomic E-state index is -0.372. The number of benzene rings is 2. The highest BCUT2D eigenvalue weighted by molar-refractivity contribution is 5.98. The van der Waals surface area contributed by atoms with Gasteiger partial charge in [-0.1, -0.05) is 12.1 Å². The topological polar surface area (TPSA) is 121 Å². The number of hydrogen-bond donors (Lipinski definition) is 2. The van der Waals surface area contributed by atoms with Gasteiger partial charge in [0.2, 0.25) is 0 Å². The normalized spacial score (nSPS) is 14.3. The molecule has 1 aliphatic heterocycles. The predicted molar refractivity (Wildman–Crippen MR) is 122 cm³/mol. The number of nitrogens with two attached hydrogens (primary N) is 1. The molecule has 0 bridgehead atoms. The van der Waals surface area contributed by atoms with E-state index in [1.54, 1.807) is 35.9 Å². The highest BCUT2D eigenvalue weighted by Gasteiger charge is 2.25. The molecule has 9 heteroatoms. The van der Waals surface area contributed by atoms with Crippen LogP contribution in [-0.4, -0.2) is 48.6 Å². The van der Waals surface area contributed by atoms with Crippen LogP contribution in [0.1, 0.15) is 18.4 Å². The van der Waals surface area contributed by atoms with E-state index in [1.807, 2.05) is 4.90 Å². The van der Waals surface area contributed by atoms with Crippen molar-refractivity contribution >= 4 is 22.3 Å². The molecule has 0 aliphatic carbocycles. The van der Waals surface area contributed by atoms with Crippen LogP contribution < -0.4 is 25.7 Å². The molecule has 32 heavy (non-hydrogen) atoms. The number of hydrogen-bond acceptors (Lipinski definition) is 6. The molecule has 0 saturated carbocycles. The van der Waals surface area contributed by atoms with Crippen LogP contribution in [-0.2, 0) is 6.54 Å². The number of methoxy groups -OCH3 is 2. The second-order valence-electron chi connectivity index (χ2n) is 7.72. The number of halogens is 1. The van der Waals surface area contributed by atoms with Gasteiger partial charge in [-0.15, -0.1) is 0 Å². The molecule has 0 radical (unpaired) electrons. The van der Waals surface area contributed by atoms with Gasteiger partial charge in [-0.3, -0.25) is 4.79 Å². The third kappa shape index (κ3) is 4.21. The summed E-state index contributed by atoms with van der Waals surface area (Å²) in [6.45, 7) is 1.32. The SMILES string of the molecule is COc1cc2c(N)c(N3CCC(O)CC3)c(=O)n(Cc3ccc(F)cc3)c2cc1OC.O. The second-order valence-corrected chi connectivity index (χ2v) is 7.72. The summed E-state index contributed by atoms with van der Waals surface area (Å²) in [6.07, 6.45) is 0.769. The quantitative estimate of drug-likeness (QED) is 0.619. The Morgan fingerprint density at radius 2 is 1.69 bits per heavy atom. The van der Waals surface area contributed by atoms with Crippen LogP contribution in [0.5, 0.6) is 11.5 Å². The maximum Gasteiger partial charge on any atom is 0.277 e. The number of fused-ring (bicyclic) bond motifs is 1. The van der Waals surface area contributed by atoms with Crippen molar-refractivity contribution in [2.75, 3.05) is 37.9 Å². The van der Waals surface area contributed by atoms with Crippen molar-refractivity contribution in [3.8, 4) is 11.5 Å². The van der Waals surface area contributed by atoms with Crippen LogP contribution in [0, 0.1) is 5.82 Å². The fraction of sp³-hybridized carbons (Fsp3) is 0.348. The first-order chi connectivity index (χ1) is 14.9. The summed E-state index contributed by atoms with van der Waals surface area (Å²) in [4.78, 5) is 15.6. The second kappa shape index (κ2) is 9.46. The van der Waals surface area contributed by atoms with Gasteiger partial charge in [0.15, 0.2) is 11.5 Å². The zero-order valence-electron chi connectivity index (χ0n) is 18.1. The van der Waals surface area contributed by atoms with Crippen molar-refractivity contribution < 1.29 is 24.4 Å². The Labute approximate surface area is 184 Å². The highest BCUT2D eigenvalue weighted by atomic mass is 19.1. The molecule has 1 aromatic heterocycles. The van der Waals surface area contributed by atoms with E-state index in [0.29, 0.717) is 59.7 Å². The smallest absolute Gasteiger partial charge is 0.277 e. The summed E-state index contributed by atoms with van der Waals surface area (Å²) < 4.78 is 25.9. The van der Waals surface area contributed by atoms with Crippen molar-refractivity contribution in [2.24, 2.45) is 0 Å². The zero-order valence-corrected chi connectivity index (χ0v) is 18.1. The number of rotatable bonds is 5. The Bertz CT molecular complexity index is 1160. The lowest BCUT2D eigenvalue weighted by molar-refractivity contribution is 0.145. The molecular weight excluding hydrogens is 417 g/mol. The van der Waals surface area contributed by atoms with E-state index < -0.39 is 0 Å². The number of nitrogens with zero attached hydrogens (tertiary/aromatic N) is 2. The van der Waals surface area contributed by atoms with Gasteiger partial charge >= 0.3 is 0 Å². The molecule has 0 atom stereocenters. The van der Waals surface area contributed by atoms with Crippen molar-refractivity contribution in [3.05, 3.63) is 58.1 Å². The van der Waals surface area contributed by atoms with E-state index >= 15 is 0 Å². The van der Waals surface area contributed by atoms with E-state index in [1.165, 1.54) is 19.2 Å². The summed E-state index contributed by atoms with van der Waals surface area (Å²) in [5.74, 6) is 0.654. The maximum absolute atomic E-state index is 13.6. The van der Waals surface area contributed by atoms with Crippen LogP contribution in [0.3, 0.4) is 0 Å². The first kappa shape index (κ1) is 23.4. The first-order valence-corrected chi connectivity index (χ1v) is 10.2. The Morgan fingerprint density at radius 1 is 1.09 bits per heavy atom. The lowest BCUT2D eigenvalue weighted by atomic mass is 10.0. The largest absolute Gasteiger partial charge is 0.493 e. The molecule has 2 heterocycles. The van der Waals surface area contributed by atoms with Gasteiger partial charge in [-0.05, 0) is 36.6 Å². The summed E-state index contributed by atoms with van der Waals surface area (Å²) in [6, 6.07) is 9.56. The molecule has 8 nitrogen and oxygen atoms in total. The van der Waals surface area contributed by atoms with Gasteiger partial charge in [0.25, 0.3) is 5.56 Å². The van der Waals surface area contributed by atoms with E-state index in [0.717, 1.165) is 5.56 Å².